The number of rotatable bonds is 30. The first-order valence-electron chi connectivity index (χ1n) is 24.2. The maximum absolute atomic E-state index is 14.3. The highest BCUT2D eigenvalue weighted by Crippen LogP contribution is 2.20. The fourth-order valence-electron chi connectivity index (χ4n) is 7.63. The summed E-state index contributed by atoms with van der Waals surface area (Å²) in [6, 6.07) is 11.9. The molecule has 25 heteroatoms. The van der Waals surface area contributed by atoms with Crippen LogP contribution in [0.5, 0.6) is 5.75 Å². The molecule has 0 unspecified atom stereocenters. The van der Waals surface area contributed by atoms with E-state index in [1.807, 2.05) is 0 Å². The molecule has 15 N–H and O–H groups in total. The third-order valence-corrected chi connectivity index (χ3v) is 11.7. The van der Waals surface area contributed by atoms with Gasteiger partial charge in [0.05, 0.1) is 19.1 Å². The summed E-state index contributed by atoms with van der Waals surface area (Å²) in [5.74, 6) is -11.9. The number of carboxylic acids is 3. The second-order valence-corrected chi connectivity index (χ2v) is 18.2. The molecule has 4 rings (SSSR count). The van der Waals surface area contributed by atoms with Crippen LogP contribution < -0.4 is 48.3 Å². The molecule has 8 amide bonds. The number of para-hydroxylation sites is 1. The molecule has 0 aliphatic carbocycles. The molecular formula is C51H64N10O15. The first kappa shape index (κ1) is 59.7. The summed E-state index contributed by atoms with van der Waals surface area (Å²) in [4.78, 5) is 146. The zero-order valence-electron chi connectivity index (χ0n) is 41.9. The second-order valence-electron chi connectivity index (χ2n) is 18.2. The number of aliphatic carboxylic acids is 3. The van der Waals surface area contributed by atoms with Crippen LogP contribution in [0.2, 0.25) is 0 Å². The van der Waals surface area contributed by atoms with E-state index in [9.17, 15) is 68.1 Å². The molecule has 0 aliphatic rings. The van der Waals surface area contributed by atoms with Gasteiger partial charge in [-0.05, 0) is 60.6 Å². The topological polar surface area (TPSA) is 407 Å². The Balaban J connectivity index is 1.52. The van der Waals surface area contributed by atoms with Crippen molar-refractivity contribution < 1.29 is 73.2 Å². The van der Waals surface area contributed by atoms with Gasteiger partial charge in [0.2, 0.25) is 47.3 Å². The molecule has 0 fully saturated rings. The van der Waals surface area contributed by atoms with Gasteiger partial charge < -0.3 is 73.7 Å². The number of carbonyl (C=O) groups is 11. The van der Waals surface area contributed by atoms with Crippen molar-refractivity contribution in [3.05, 3.63) is 102 Å². The standard InChI is InChI=1S/C51H64N10O15/c1-27(2)44(61-49(73)38(21-29-9-5-4-6-10-29)57-41(64)26-54-46(70)37(59-45(69)28(3)52)22-30-13-15-32(62)16-14-30)50(74)60-39(23-31-24-53-34-12-8-7-11-33(31)34)47(71)55-25-40(63)56-35(17-19-42(65)66)48(72)58-36(51(75)76)18-20-43(67)68/h4-16,24,27-28,35-39,44,53,62H,17-23,25-26,52H2,1-3H3,(H,54,70)(H,55,71)(H,56,63)(H,57,64)(H,58,72)(H,59,69)(H,60,74)(H,61,73)(H,65,66)(H,67,68)(H,75,76)/t28-,35+,36+,37+,38+,39+,44+/m1/s1. The van der Waals surface area contributed by atoms with Gasteiger partial charge in [0.1, 0.15) is 42.0 Å². The number of carboxylic acid groups (broad SMARTS) is 3. The van der Waals surface area contributed by atoms with Crippen molar-refractivity contribution in [1.82, 2.24) is 47.5 Å². The summed E-state index contributed by atoms with van der Waals surface area (Å²) in [6.45, 7) is 3.18. The number of aromatic amines is 1. The first-order chi connectivity index (χ1) is 36.0. The zero-order chi connectivity index (χ0) is 56.1. The van der Waals surface area contributed by atoms with Crippen LogP contribution >= 0.6 is 0 Å². The average Bonchev–Trinajstić information content (AvgIpc) is 3.78. The third kappa shape index (κ3) is 19.5. The lowest BCUT2D eigenvalue weighted by Gasteiger charge is -2.27. The number of amides is 8. The lowest BCUT2D eigenvalue weighted by atomic mass is 9.99. The van der Waals surface area contributed by atoms with Crippen molar-refractivity contribution in [2.24, 2.45) is 11.7 Å². The lowest BCUT2D eigenvalue weighted by Crippen LogP contribution is -2.60. The molecule has 0 saturated carbocycles. The first-order valence-corrected chi connectivity index (χ1v) is 24.2. The molecule has 0 saturated heterocycles. The minimum absolute atomic E-state index is 0.0191. The fourth-order valence-corrected chi connectivity index (χ4v) is 7.63. The van der Waals surface area contributed by atoms with E-state index in [4.69, 9.17) is 10.8 Å². The van der Waals surface area contributed by atoms with Gasteiger partial charge in [0.15, 0.2) is 0 Å². The van der Waals surface area contributed by atoms with Crippen molar-refractivity contribution in [3.63, 3.8) is 0 Å². The molecule has 7 atom stereocenters. The Morgan fingerprint density at radius 3 is 1.54 bits per heavy atom. The Morgan fingerprint density at radius 2 is 0.987 bits per heavy atom. The largest absolute Gasteiger partial charge is 0.508 e. The number of aromatic hydroxyl groups is 1. The van der Waals surface area contributed by atoms with Crippen LogP contribution in [0.3, 0.4) is 0 Å². The van der Waals surface area contributed by atoms with E-state index in [2.05, 4.69) is 47.5 Å². The van der Waals surface area contributed by atoms with Crippen molar-refractivity contribution in [1.29, 1.82) is 0 Å². The van der Waals surface area contributed by atoms with E-state index in [0.29, 0.717) is 27.6 Å². The number of phenolic OH excluding ortho intramolecular Hbond substituents is 1. The van der Waals surface area contributed by atoms with Crippen molar-refractivity contribution in [3.8, 4) is 5.75 Å². The minimum atomic E-state index is -1.69. The number of hydrogen-bond acceptors (Lipinski definition) is 13. The normalized spacial score (nSPS) is 13.8. The molecule has 25 nitrogen and oxygen atoms in total. The number of hydrogen-bond donors (Lipinski definition) is 14. The second kappa shape index (κ2) is 29.1. The number of nitrogens with one attached hydrogen (secondary N) is 9. The molecule has 0 aliphatic heterocycles. The van der Waals surface area contributed by atoms with Gasteiger partial charge in [0, 0.05) is 49.2 Å². The van der Waals surface area contributed by atoms with E-state index in [-0.39, 0.29) is 25.0 Å². The van der Waals surface area contributed by atoms with E-state index < -0.39 is 152 Å². The van der Waals surface area contributed by atoms with E-state index in [0.717, 1.165) is 0 Å². The van der Waals surface area contributed by atoms with E-state index in [1.165, 1.54) is 19.1 Å². The van der Waals surface area contributed by atoms with Gasteiger partial charge >= 0.3 is 17.9 Å². The number of fused-ring (bicyclic) bond motifs is 1. The van der Waals surface area contributed by atoms with Gasteiger partial charge in [-0.2, -0.15) is 0 Å². The Labute approximate surface area is 435 Å². The van der Waals surface area contributed by atoms with Gasteiger partial charge in [-0.1, -0.05) is 74.5 Å². The molecular weight excluding hydrogens is 993 g/mol. The van der Waals surface area contributed by atoms with Crippen LogP contribution in [0, 0.1) is 5.92 Å². The maximum Gasteiger partial charge on any atom is 0.326 e. The highest BCUT2D eigenvalue weighted by Gasteiger charge is 2.34. The van der Waals surface area contributed by atoms with Crippen molar-refractivity contribution in [2.75, 3.05) is 13.1 Å². The molecule has 1 heterocycles. The summed E-state index contributed by atoms with van der Waals surface area (Å²) >= 11 is 0. The monoisotopic (exact) mass is 1060 g/mol. The lowest BCUT2D eigenvalue weighted by molar-refractivity contribution is -0.144. The summed E-state index contributed by atoms with van der Waals surface area (Å²) in [5.41, 5.74) is 8.16. The molecule has 76 heavy (non-hydrogen) atoms. The Morgan fingerprint density at radius 1 is 0.513 bits per heavy atom. The van der Waals surface area contributed by atoms with Crippen molar-refractivity contribution >= 4 is 76.1 Å². The summed E-state index contributed by atoms with van der Waals surface area (Å²) in [7, 11) is 0. The predicted molar refractivity (Wildman–Crippen MR) is 271 cm³/mol. The number of aromatic nitrogens is 1. The minimum Gasteiger partial charge on any atom is -0.508 e. The van der Waals surface area contributed by atoms with Gasteiger partial charge in [-0.3, -0.25) is 47.9 Å². The van der Waals surface area contributed by atoms with Crippen LogP contribution in [0.25, 0.3) is 10.9 Å². The molecule has 0 spiro atoms. The molecule has 4 aromatic rings. The van der Waals surface area contributed by atoms with E-state index in [1.54, 1.807) is 86.8 Å². The predicted octanol–water partition coefficient (Wildman–Crippen LogP) is -1.14. The molecule has 0 bridgehead atoms. The zero-order valence-corrected chi connectivity index (χ0v) is 41.9. The smallest absolute Gasteiger partial charge is 0.326 e. The van der Waals surface area contributed by atoms with Gasteiger partial charge in [0.25, 0.3) is 0 Å². The number of carbonyl (C=O) groups excluding carboxylic acids is 8. The highest BCUT2D eigenvalue weighted by atomic mass is 16.4. The van der Waals surface area contributed by atoms with Gasteiger partial charge in [-0.25, -0.2) is 4.79 Å². The number of phenols is 1. The van der Waals surface area contributed by atoms with Crippen LogP contribution in [0.4, 0.5) is 0 Å². The van der Waals surface area contributed by atoms with Crippen LogP contribution in [-0.4, -0.2) is 146 Å². The third-order valence-electron chi connectivity index (χ3n) is 11.7. The van der Waals surface area contributed by atoms with Gasteiger partial charge in [-0.15, -0.1) is 0 Å². The van der Waals surface area contributed by atoms with Crippen molar-refractivity contribution in [2.45, 2.75) is 108 Å². The Kier molecular flexibility index (Phi) is 22.9. The maximum atomic E-state index is 14.3. The summed E-state index contributed by atoms with van der Waals surface area (Å²) in [6.07, 6.45) is -0.970. The average molecular weight is 1060 g/mol. The van der Waals surface area contributed by atoms with E-state index >= 15 is 0 Å². The van der Waals surface area contributed by atoms with Crippen LogP contribution in [-0.2, 0) is 72.0 Å². The Hall–Kier alpha value is -8.87. The summed E-state index contributed by atoms with van der Waals surface area (Å²) in [5, 5.41) is 57.9. The Bertz CT molecular complexity index is 2710. The highest BCUT2D eigenvalue weighted by molar-refractivity contribution is 5.97. The fraction of sp³-hybridized carbons (Fsp3) is 0.392. The number of benzene rings is 3. The SMILES string of the molecule is CC(C)[C@H](NC(=O)[C@H](Cc1ccccc1)NC(=O)CNC(=O)[C@H](Cc1ccc(O)cc1)NC(=O)[C@@H](C)N)C(=O)N[C@@H](Cc1c[nH]c2ccccc12)C(=O)NCC(=O)N[C@@H](CCC(=O)O)C(=O)N[C@@H](CCC(=O)O)C(=O)O. The number of H-pyrrole nitrogens is 1. The van der Waals surface area contributed by atoms with Crippen LogP contribution in [0.1, 0.15) is 63.1 Å². The molecule has 3 aromatic carbocycles. The van der Waals surface area contributed by atoms with Crippen LogP contribution in [0.15, 0.2) is 85.1 Å². The molecule has 408 valence electrons. The quantitative estimate of drug-likeness (QED) is 0.0294. The molecule has 0 radical (unpaired) electrons. The summed E-state index contributed by atoms with van der Waals surface area (Å²) < 4.78 is 0. The number of nitrogens with two attached hydrogens (primary N) is 1. The molecule has 1 aromatic heterocycles.